The molecule has 2 aromatic carbocycles. The van der Waals surface area contributed by atoms with Crippen LogP contribution in [0.15, 0.2) is 64.5 Å². The lowest BCUT2D eigenvalue weighted by molar-refractivity contribution is -0.384. The average molecular weight is 553 g/mol. The zero-order valence-electron chi connectivity index (χ0n) is 19.2. The third-order valence-corrected chi connectivity index (χ3v) is 6.73. The summed E-state index contributed by atoms with van der Waals surface area (Å²) < 4.78 is 2.72. The van der Waals surface area contributed by atoms with Crippen LogP contribution in [0.2, 0.25) is 0 Å². The highest BCUT2D eigenvalue weighted by molar-refractivity contribution is 9.10. The zero-order chi connectivity index (χ0) is 25.1. The number of hydrogen-bond donors (Lipinski definition) is 1. The number of thioether (sulfide) groups is 1. The van der Waals surface area contributed by atoms with Crippen molar-refractivity contribution in [2.24, 2.45) is 0 Å². The van der Waals surface area contributed by atoms with Gasteiger partial charge in [-0.25, -0.2) is 0 Å². The minimum absolute atomic E-state index is 0.0115. The van der Waals surface area contributed by atoms with E-state index >= 15 is 0 Å². The fourth-order valence-corrected chi connectivity index (χ4v) is 5.03. The molecule has 0 spiro atoms. The Bertz CT molecular complexity index is 1420. The highest BCUT2D eigenvalue weighted by Crippen LogP contribution is 2.33. The molecule has 4 rings (SSSR count). The fraction of sp³-hybridized carbons (Fsp3) is 0.167. The van der Waals surface area contributed by atoms with Gasteiger partial charge in [0.25, 0.3) is 5.69 Å². The zero-order valence-corrected chi connectivity index (χ0v) is 21.6. The lowest BCUT2D eigenvalue weighted by atomic mass is 10.1. The number of carbonyl (C=O) groups is 1. The Kier molecular flexibility index (Phi) is 7.27. The summed E-state index contributed by atoms with van der Waals surface area (Å²) in [4.78, 5) is 27.9. The van der Waals surface area contributed by atoms with E-state index in [9.17, 15) is 14.9 Å². The van der Waals surface area contributed by atoms with Crippen molar-refractivity contribution in [2.75, 3.05) is 11.1 Å². The predicted molar refractivity (Wildman–Crippen MR) is 139 cm³/mol. The first-order chi connectivity index (χ1) is 16.7. The highest BCUT2D eigenvalue weighted by Gasteiger charge is 2.22. The van der Waals surface area contributed by atoms with Gasteiger partial charge in [-0.3, -0.25) is 24.5 Å². The van der Waals surface area contributed by atoms with Crippen molar-refractivity contribution in [3.05, 3.63) is 86.1 Å². The lowest BCUT2D eigenvalue weighted by Gasteiger charge is -2.13. The van der Waals surface area contributed by atoms with Crippen LogP contribution in [0.25, 0.3) is 17.1 Å². The minimum atomic E-state index is -0.491. The van der Waals surface area contributed by atoms with Crippen LogP contribution in [-0.2, 0) is 4.79 Å². The third-order valence-electron chi connectivity index (χ3n) is 5.17. The molecular weight excluding hydrogens is 532 g/mol. The summed E-state index contributed by atoms with van der Waals surface area (Å²) in [5.74, 6) is 0.209. The number of aromatic nitrogens is 4. The van der Waals surface area contributed by atoms with Gasteiger partial charge in [0.05, 0.1) is 16.4 Å². The summed E-state index contributed by atoms with van der Waals surface area (Å²) in [5, 5.41) is 23.4. The Morgan fingerprint density at radius 3 is 2.51 bits per heavy atom. The second-order valence-electron chi connectivity index (χ2n) is 7.90. The number of nitrogens with zero attached hydrogens (tertiary/aromatic N) is 5. The average Bonchev–Trinajstić information content (AvgIpc) is 3.23. The maximum atomic E-state index is 12.8. The van der Waals surface area contributed by atoms with Crippen LogP contribution < -0.4 is 5.32 Å². The van der Waals surface area contributed by atoms with Crippen molar-refractivity contribution in [1.82, 2.24) is 19.7 Å². The van der Waals surface area contributed by atoms with Gasteiger partial charge in [0, 0.05) is 28.5 Å². The molecule has 0 aliphatic heterocycles. The summed E-state index contributed by atoms with van der Waals surface area (Å²) >= 11 is 4.82. The summed E-state index contributed by atoms with van der Waals surface area (Å²) in [6.45, 7) is 5.50. The van der Waals surface area contributed by atoms with Gasteiger partial charge in [-0.2, -0.15) is 0 Å². The number of nitro groups is 1. The largest absolute Gasteiger partial charge is 0.319 e. The van der Waals surface area contributed by atoms with Gasteiger partial charge in [-0.15, -0.1) is 10.2 Å². The van der Waals surface area contributed by atoms with E-state index in [1.165, 1.54) is 17.8 Å². The summed E-state index contributed by atoms with van der Waals surface area (Å²) in [7, 11) is 0. The number of rotatable bonds is 7. The molecule has 9 nitrogen and oxygen atoms in total. The van der Waals surface area contributed by atoms with Gasteiger partial charge in [0.2, 0.25) is 5.91 Å². The SMILES string of the molecule is Cc1ccc(-n2c(SCC(=O)Nc3c(C)cc(C)cc3[N+](=O)[O-])nnc2-c2ccncc2)c(Br)c1. The maximum Gasteiger partial charge on any atom is 0.293 e. The molecule has 1 N–H and O–H groups in total. The van der Waals surface area contributed by atoms with Gasteiger partial charge >= 0.3 is 0 Å². The Balaban J connectivity index is 1.64. The van der Waals surface area contributed by atoms with Crippen LogP contribution in [0.3, 0.4) is 0 Å². The van der Waals surface area contributed by atoms with Gasteiger partial charge in [0.15, 0.2) is 11.0 Å². The molecule has 0 radical (unpaired) electrons. The number of anilines is 1. The van der Waals surface area contributed by atoms with Crippen molar-refractivity contribution >= 4 is 45.0 Å². The molecule has 0 aliphatic rings. The van der Waals surface area contributed by atoms with Crippen LogP contribution in [0.5, 0.6) is 0 Å². The highest BCUT2D eigenvalue weighted by atomic mass is 79.9. The molecule has 0 bridgehead atoms. The van der Waals surface area contributed by atoms with Crippen LogP contribution >= 0.6 is 27.7 Å². The summed E-state index contributed by atoms with van der Waals surface area (Å²) in [5.41, 5.74) is 4.17. The van der Waals surface area contributed by atoms with E-state index in [4.69, 9.17) is 0 Å². The number of halogens is 1. The second-order valence-corrected chi connectivity index (χ2v) is 9.70. The number of nitrogens with one attached hydrogen (secondary N) is 1. The minimum Gasteiger partial charge on any atom is -0.319 e. The molecule has 0 fully saturated rings. The molecule has 0 saturated carbocycles. The van der Waals surface area contributed by atoms with Crippen molar-refractivity contribution in [3.63, 3.8) is 0 Å². The molecule has 0 unspecified atom stereocenters. The molecular formula is C24H21BrN6O3S. The Morgan fingerprint density at radius 1 is 1.09 bits per heavy atom. The standard InChI is InChI=1S/C24H21BrN6O3S/c1-14-4-5-19(18(25)11-14)30-23(17-6-8-26-9-7-17)28-29-24(30)35-13-21(32)27-22-16(3)10-15(2)12-20(22)31(33)34/h4-12H,13H2,1-3H3,(H,27,32). The lowest BCUT2D eigenvalue weighted by Crippen LogP contribution is -2.16. The van der Waals surface area contributed by atoms with Crippen LogP contribution in [-0.4, -0.2) is 36.3 Å². The summed E-state index contributed by atoms with van der Waals surface area (Å²) in [6.07, 6.45) is 3.35. The van der Waals surface area contributed by atoms with E-state index in [0.29, 0.717) is 16.5 Å². The van der Waals surface area contributed by atoms with Gasteiger partial charge in [-0.05, 0) is 77.7 Å². The van der Waals surface area contributed by atoms with Crippen molar-refractivity contribution in [3.8, 4) is 17.1 Å². The van der Waals surface area contributed by atoms with E-state index in [2.05, 4.69) is 36.4 Å². The molecule has 35 heavy (non-hydrogen) atoms. The van der Waals surface area contributed by atoms with E-state index < -0.39 is 4.92 Å². The third kappa shape index (κ3) is 5.41. The predicted octanol–water partition coefficient (Wildman–Crippen LogP) is 5.66. The monoisotopic (exact) mass is 552 g/mol. The molecule has 178 valence electrons. The summed E-state index contributed by atoms with van der Waals surface area (Å²) in [6, 6.07) is 12.8. The Labute approximate surface area is 214 Å². The normalized spacial score (nSPS) is 10.9. The number of carbonyl (C=O) groups excluding carboxylic acids is 1. The van der Waals surface area contributed by atoms with Gasteiger partial charge in [0.1, 0.15) is 5.69 Å². The van der Waals surface area contributed by atoms with E-state index in [1.807, 2.05) is 41.8 Å². The topological polar surface area (TPSA) is 116 Å². The Morgan fingerprint density at radius 2 is 1.83 bits per heavy atom. The number of pyridine rings is 1. The molecule has 2 heterocycles. The van der Waals surface area contributed by atoms with Crippen molar-refractivity contribution in [1.29, 1.82) is 0 Å². The van der Waals surface area contributed by atoms with Crippen LogP contribution in [0, 0.1) is 30.9 Å². The fourth-order valence-electron chi connectivity index (χ4n) is 3.62. The molecule has 1 amide bonds. The number of aryl methyl sites for hydroxylation is 3. The first-order valence-electron chi connectivity index (χ1n) is 10.5. The quantitative estimate of drug-likeness (QED) is 0.178. The number of amides is 1. The Hall–Kier alpha value is -3.57. The van der Waals surface area contributed by atoms with Gasteiger partial charge < -0.3 is 5.32 Å². The van der Waals surface area contributed by atoms with Crippen LogP contribution in [0.1, 0.15) is 16.7 Å². The number of benzene rings is 2. The van der Waals surface area contributed by atoms with E-state index in [0.717, 1.165) is 26.9 Å². The molecule has 0 atom stereocenters. The van der Waals surface area contributed by atoms with Gasteiger partial charge in [-0.1, -0.05) is 23.9 Å². The first kappa shape index (κ1) is 24.6. The molecule has 11 heteroatoms. The number of nitro benzene ring substituents is 1. The first-order valence-corrected chi connectivity index (χ1v) is 12.3. The molecule has 0 aliphatic carbocycles. The van der Waals surface area contributed by atoms with E-state index in [1.54, 1.807) is 32.3 Å². The second kappa shape index (κ2) is 10.4. The van der Waals surface area contributed by atoms with Crippen molar-refractivity contribution in [2.45, 2.75) is 25.9 Å². The maximum absolute atomic E-state index is 12.8. The molecule has 4 aromatic rings. The smallest absolute Gasteiger partial charge is 0.293 e. The van der Waals surface area contributed by atoms with Crippen molar-refractivity contribution < 1.29 is 9.72 Å². The molecule has 0 saturated heterocycles. The number of hydrogen-bond acceptors (Lipinski definition) is 7. The molecule has 2 aromatic heterocycles. The van der Waals surface area contributed by atoms with E-state index in [-0.39, 0.29) is 23.0 Å². The van der Waals surface area contributed by atoms with Crippen LogP contribution in [0.4, 0.5) is 11.4 Å².